The van der Waals surface area contributed by atoms with Crippen molar-refractivity contribution in [1.82, 2.24) is 0 Å². The van der Waals surface area contributed by atoms with Crippen molar-refractivity contribution in [1.29, 1.82) is 0 Å². The average Bonchev–Trinajstić information content (AvgIpc) is 2.83. The zero-order valence-corrected chi connectivity index (χ0v) is 14.3. The van der Waals surface area contributed by atoms with E-state index in [2.05, 4.69) is 92.1 Å². The van der Waals surface area contributed by atoms with Crippen molar-refractivity contribution in [2.45, 2.75) is 6.92 Å². The molecule has 0 bridgehead atoms. The zero-order valence-electron chi connectivity index (χ0n) is 13.5. The summed E-state index contributed by atoms with van der Waals surface area (Å²) in [6.45, 7) is 2.20. The van der Waals surface area contributed by atoms with Crippen LogP contribution in [-0.4, -0.2) is 14.1 Å². The molecule has 3 heteroatoms. The Morgan fingerprint density at radius 1 is 0.864 bits per heavy atom. The summed E-state index contributed by atoms with van der Waals surface area (Å²) in [6.07, 6.45) is 0. The van der Waals surface area contributed by atoms with Crippen LogP contribution in [0.2, 0.25) is 0 Å². The van der Waals surface area contributed by atoms with Gasteiger partial charge >= 0.3 is 0 Å². The maximum absolute atomic E-state index is 2.31. The van der Waals surface area contributed by atoms with Crippen molar-refractivity contribution in [2.75, 3.05) is 19.0 Å². The molecule has 0 amide bonds. The van der Waals surface area contributed by atoms with Gasteiger partial charge in [0, 0.05) is 25.3 Å². The van der Waals surface area contributed by atoms with Gasteiger partial charge in [-0.1, -0.05) is 29.5 Å². The SMILES string of the molecule is Cc1sc(-c2ccc(N(C)C)cc2)[n+](C)c1-c1ccccc1. The van der Waals surface area contributed by atoms with Gasteiger partial charge in [0.2, 0.25) is 5.69 Å². The number of benzene rings is 2. The van der Waals surface area contributed by atoms with Crippen LogP contribution in [0.15, 0.2) is 54.6 Å². The van der Waals surface area contributed by atoms with E-state index in [1.807, 2.05) is 11.3 Å². The molecule has 0 spiro atoms. The molecule has 3 rings (SSSR count). The number of thiazole rings is 1. The van der Waals surface area contributed by atoms with Crippen LogP contribution in [0.4, 0.5) is 5.69 Å². The van der Waals surface area contributed by atoms with Gasteiger partial charge in [-0.2, -0.15) is 4.57 Å². The minimum absolute atomic E-state index is 1.22. The van der Waals surface area contributed by atoms with Gasteiger partial charge in [-0.3, -0.25) is 0 Å². The Morgan fingerprint density at radius 3 is 2.09 bits per heavy atom. The van der Waals surface area contributed by atoms with Crippen LogP contribution in [-0.2, 0) is 7.05 Å². The predicted molar refractivity (Wildman–Crippen MR) is 95.4 cm³/mol. The first-order valence-electron chi connectivity index (χ1n) is 7.40. The van der Waals surface area contributed by atoms with Gasteiger partial charge in [-0.05, 0) is 43.3 Å². The fourth-order valence-electron chi connectivity index (χ4n) is 2.75. The highest BCUT2D eigenvalue weighted by Crippen LogP contribution is 2.31. The predicted octanol–water partition coefficient (Wildman–Crippen LogP) is 4.28. The van der Waals surface area contributed by atoms with Crippen LogP contribution < -0.4 is 9.47 Å². The van der Waals surface area contributed by atoms with Crippen molar-refractivity contribution < 1.29 is 4.57 Å². The summed E-state index contributed by atoms with van der Waals surface area (Å²) in [6, 6.07) is 19.4. The third-order valence-electron chi connectivity index (χ3n) is 3.90. The van der Waals surface area contributed by atoms with Crippen LogP contribution in [0.5, 0.6) is 0 Å². The van der Waals surface area contributed by atoms with Crippen molar-refractivity contribution in [3.05, 3.63) is 59.5 Å². The highest BCUT2D eigenvalue weighted by molar-refractivity contribution is 7.14. The van der Waals surface area contributed by atoms with Crippen LogP contribution >= 0.6 is 11.3 Å². The van der Waals surface area contributed by atoms with Gasteiger partial charge in [0.1, 0.15) is 7.05 Å². The number of rotatable bonds is 3. The largest absolute Gasteiger partial charge is 0.378 e. The maximum atomic E-state index is 2.31. The standard InChI is InChI=1S/C19H21N2S/c1-14-18(15-8-6-5-7-9-15)21(4)19(22-14)16-10-12-17(13-11-16)20(2)3/h5-13H,1-4H3/q+1. The molecule has 0 aliphatic rings. The molecule has 0 unspecified atom stereocenters. The topological polar surface area (TPSA) is 7.12 Å². The van der Waals surface area contributed by atoms with E-state index in [1.165, 1.54) is 32.4 Å². The Bertz CT molecular complexity index is 771. The summed E-state index contributed by atoms with van der Waals surface area (Å²) < 4.78 is 2.31. The highest BCUT2D eigenvalue weighted by atomic mass is 32.1. The Kier molecular flexibility index (Phi) is 3.99. The molecule has 2 nitrogen and oxygen atoms in total. The quantitative estimate of drug-likeness (QED) is 0.655. The van der Waals surface area contributed by atoms with Gasteiger partial charge in [-0.15, -0.1) is 0 Å². The third-order valence-corrected chi connectivity index (χ3v) is 5.10. The summed E-state index contributed by atoms with van der Waals surface area (Å²) in [5.41, 5.74) is 5.07. The lowest BCUT2D eigenvalue weighted by Gasteiger charge is -2.11. The number of hydrogen-bond donors (Lipinski definition) is 0. The number of nitrogens with zero attached hydrogens (tertiary/aromatic N) is 2. The summed E-state index contributed by atoms with van der Waals surface area (Å²) in [4.78, 5) is 3.47. The van der Waals surface area contributed by atoms with Gasteiger partial charge in [0.25, 0.3) is 5.01 Å². The zero-order chi connectivity index (χ0) is 15.7. The molecule has 0 saturated carbocycles. The molecule has 2 aromatic carbocycles. The lowest BCUT2D eigenvalue weighted by Crippen LogP contribution is -2.30. The van der Waals surface area contributed by atoms with Gasteiger partial charge in [0.15, 0.2) is 0 Å². The highest BCUT2D eigenvalue weighted by Gasteiger charge is 2.23. The first-order valence-corrected chi connectivity index (χ1v) is 8.22. The van der Waals surface area contributed by atoms with E-state index < -0.39 is 0 Å². The lowest BCUT2D eigenvalue weighted by molar-refractivity contribution is -0.645. The molecule has 3 aromatic rings. The molecule has 22 heavy (non-hydrogen) atoms. The van der Waals surface area contributed by atoms with Crippen LogP contribution in [0.1, 0.15) is 4.88 Å². The van der Waals surface area contributed by atoms with E-state index in [-0.39, 0.29) is 0 Å². The maximum Gasteiger partial charge on any atom is 0.269 e. The second-order valence-electron chi connectivity index (χ2n) is 5.68. The number of aromatic nitrogens is 1. The summed E-state index contributed by atoms with van der Waals surface area (Å²) in [5, 5.41) is 1.29. The molecule has 0 saturated heterocycles. The second-order valence-corrected chi connectivity index (χ2v) is 6.88. The average molecular weight is 309 g/mol. The summed E-state index contributed by atoms with van der Waals surface area (Å²) in [5.74, 6) is 0. The molecule has 0 atom stereocenters. The number of aryl methyl sites for hydroxylation is 1. The number of hydrogen-bond acceptors (Lipinski definition) is 2. The van der Waals surface area contributed by atoms with Crippen molar-refractivity contribution in [3.8, 4) is 21.8 Å². The monoisotopic (exact) mass is 309 g/mol. The van der Waals surface area contributed by atoms with E-state index in [4.69, 9.17) is 0 Å². The Balaban J connectivity index is 2.06. The number of anilines is 1. The molecular weight excluding hydrogens is 288 g/mol. The minimum Gasteiger partial charge on any atom is -0.378 e. The summed E-state index contributed by atoms with van der Waals surface area (Å²) in [7, 11) is 6.29. The first-order chi connectivity index (χ1) is 10.6. The van der Waals surface area contributed by atoms with Crippen LogP contribution in [0, 0.1) is 6.92 Å². The molecule has 112 valence electrons. The fourth-order valence-corrected chi connectivity index (χ4v) is 3.87. The first kappa shape index (κ1) is 14.8. The molecule has 1 aromatic heterocycles. The molecule has 0 radical (unpaired) electrons. The minimum atomic E-state index is 1.22. The fraction of sp³-hybridized carbons (Fsp3) is 0.211. The van der Waals surface area contributed by atoms with Gasteiger partial charge in [-0.25, -0.2) is 0 Å². The Hall–Kier alpha value is -2.13. The van der Waals surface area contributed by atoms with Gasteiger partial charge in [0.05, 0.1) is 10.4 Å². The molecule has 0 fully saturated rings. The van der Waals surface area contributed by atoms with Crippen LogP contribution in [0.3, 0.4) is 0 Å². The second kappa shape index (κ2) is 5.93. The van der Waals surface area contributed by atoms with Crippen LogP contribution in [0.25, 0.3) is 21.8 Å². The van der Waals surface area contributed by atoms with E-state index in [0.29, 0.717) is 0 Å². The van der Waals surface area contributed by atoms with Crippen molar-refractivity contribution in [3.63, 3.8) is 0 Å². The van der Waals surface area contributed by atoms with Crippen molar-refractivity contribution >= 4 is 17.0 Å². The molecule has 1 heterocycles. The third kappa shape index (κ3) is 2.64. The summed E-state index contributed by atoms with van der Waals surface area (Å²) >= 11 is 1.85. The van der Waals surface area contributed by atoms with E-state index in [0.717, 1.165) is 0 Å². The van der Waals surface area contributed by atoms with Crippen molar-refractivity contribution in [2.24, 2.45) is 7.05 Å². The molecular formula is C19H21N2S+. The molecule has 0 aliphatic heterocycles. The Morgan fingerprint density at radius 2 is 1.50 bits per heavy atom. The van der Waals surface area contributed by atoms with E-state index in [9.17, 15) is 0 Å². The van der Waals surface area contributed by atoms with Gasteiger partial charge < -0.3 is 4.90 Å². The lowest BCUT2D eigenvalue weighted by atomic mass is 10.1. The molecule has 0 aliphatic carbocycles. The normalized spacial score (nSPS) is 10.7. The van der Waals surface area contributed by atoms with E-state index >= 15 is 0 Å². The van der Waals surface area contributed by atoms with E-state index in [1.54, 1.807) is 0 Å². The smallest absolute Gasteiger partial charge is 0.269 e. The Labute approximate surface area is 136 Å². The molecule has 0 N–H and O–H groups in total.